The predicted molar refractivity (Wildman–Crippen MR) is 55.0 cm³/mol. The minimum Gasteiger partial charge on any atom is -0.383 e. The van der Waals surface area contributed by atoms with E-state index in [2.05, 4.69) is 5.32 Å². The Labute approximate surface area is 85.6 Å². The summed E-state index contributed by atoms with van der Waals surface area (Å²) in [6.45, 7) is 3.07. The molecule has 0 unspecified atom stereocenters. The Balaban J connectivity index is 0. The van der Waals surface area contributed by atoms with E-state index in [-0.39, 0.29) is 24.4 Å². The molecule has 0 aliphatic heterocycles. The highest BCUT2D eigenvalue weighted by atomic mass is 35.5. The topological polar surface area (TPSA) is 64.4 Å². The Kier molecular flexibility index (Phi) is 11.4. The SMILES string of the molecule is CCC[C@H](N)C(=O)NCCOC.Cl. The maximum Gasteiger partial charge on any atom is 0.236 e. The number of hydrogen-bond acceptors (Lipinski definition) is 3. The summed E-state index contributed by atoms with van der Waals surface area (Å²) in [5.74, 6) is -0.0890. The summed E-state index contributed by atoms with van der Waals surface area (Å²) in [4.78, 5) is 11.1. The number of carbonyl (C=O) groups is 1. The second kappa shape index (κ2) is 9.77. The van der Waals surface area contributed by atoms with Gasteiger partial charge in [-0.3, -0.25) is 4.79 Å². The summed E-state index contributed by atoms with van der Waals surface area (Å²) >= 11 is 0. The molecule has 13 heavy (non-hydrogen) atoms. The van der Waals surface area contributed by atoms with Gasteiger partial charge in [0.1, 0.15) is 0 Å². The van der Waals surface area contributed by atoms with Crippen molar-refractivity contribution in [2.75, 3.05) is 20.3 Å². The molecule has 0 heterocycles. The van der Waals surface area contributed by atoms with E-state index in [0.717, 1.165) is 12.8 Å². The average molecular weight is 211 g/mol. The van der Waals surface area contributed by atoms with Gasteiger partial charge in [-0.25, -0.2) is 0 Å². The van der Waals surface area contributed by atoms with E-state index in [0.29, 0.717) is 13.2 Å². The van der Waals surface area contributed by atoms with Crippen LogP contribution in [0.25, 0.3) is 0 Å². The van der Waals surface area contributed by atoms with Crippen LogP contribution >= 0.6 is 12.4 Å². The zero-order valence-electron chi connectivity index (χ0n) is 8.21. The van der Waals surface area contributed by atoms with Crippen molar-refractivity contribution < 1.29 is 9.53 Å². The predicted octanol–water partition coefficient (Wildman–Crippen LogP) is 0.298. The highest BCUT2D eigenvalue weighted by molar-refractivity contribution is 5.85. The maximum atomic E-state index is 11.1. The third-order valence-electron chi connectivity index (χ3n) is 1.54. The van der Waals surface area contributed by atoms with E-state index < -0.39 is 0 Å². The first-order chi connectivity index (χ1) is 5.72. The molecule has 0 aromatic heterocycles. The van der Waals surface area contributed by atoms with Gasteiger partial charge < -0.3 is 15.8 Å². The molecule has 0 bridgehead atoms. The van der Waals surface area contributed by atoms with Crippen molar-refractivity contribution in [3.63, 3.8) is 0 Å². The average Bonchev–Trinajstić information content (AvgIpc) is 2.05. The summed E-state index contributed by atoms with van der Waals surface area (Å²) in [5, 5.41) is 2.68. The zero-order valence-corrected chi connectivity index (χ0v) is 9.02. The van der Waals surface area contributed by atoms with Crippen molar-refractivity contribution in [3.05, 3.63) is 0 Å². The molecule has 0 aliphatic carbocycles. The lowest BCUT2D eigenvalue weighted by Gasteiger charge is -2.10. The van der Waals surface area contributed by atoms with Gasteiger partial charge in [-0.05, 0) is 6.42 Å². The number of carbonyl (C=O) groups excluding carboxylic acids is 1. The van der Waals surface area contributed by atoms with Crippen molar-refractivity contribution in [2.45, 2.75) is 25.8 Å². The maximum absolute atomic E-state index is 11.1. The first-order valence-corrected chi connectivity index (χ1v) is 4.24. The van der Waals surface area contributed by atoms with Crippen molar-refractivity contribution in [2.24, 2.45) is 5.73 Å². The van der Waals surface area contributed by atoms with Gasteiger partial charge >= 0.3 is 0 Å². The lowest BCUT2D eigenvalue weighted by atomic mass is 10.2. The first-order valence-electron chi connectivity index (χ1n) is 4.24. The van der Waals surface area contributed by atoms with Gasteiger partial charge in [-0.15, -0.1) is 12.4 Å². The van der Waals surface area contributed by atoms with Gasteiger partial charge in [0, 0.05) is 13.7 Å². The quantitative estimate of drug-likeness (QED) is 0.620. The number of ether oxygens (including phenoxy) is 1. The minimum atomic E-state index is -0.369. The highest BCUT2D eigenvalue weighted by Gasteiger charge is 2.10. The van der Waals surface area contributed by atoms with Crippen LogP contribution in [0.15, 0.2) is 0 Å². The second-order valence-electron chi connectivity index (χ2n) is 2.68. The molecule has 0 saturated heterocycles. The number of hydrogen-bond donors (Lipinski definition) is 2. The molecule has 4 nitrogen and oxygen atoms in total. The monoisotopic (exact) mass is 210 g/mol. The molecule has 0 aliphatic rings. The summed E-state index contributed by atoms with van der Waals surface area (Å²) in [5.41, 5.74) is 5.56. The third kappa shape index (κ3) is 8.02. The van der Waals surface area contributed by atoms with E-state index in [9.17, 15) is 4.79 Å². The summed E-state index contributed by atoms with van der Waals surface area (Å²) in [6, 6.07) is -0.369. The van der Waals surface area contributed by atoms with Crippen LogP contribution < -0.4 is 11.1 Å². The second-order valence-corrected chi connectivity index (χ2v) is 2.68. The van der Waals surface area contributed by atoms with Crippen molar-refractivity contribution in [3.8, 4) is 0 Å². The molecular weight excluding hydrogens is 192 g/mol. The van der Waals surface area contributed by atoms with Crippen molar-refractivity contribution >= 4 is 18.3 Å². The largest absolute Gasteiger partial charge is 0.383 e. The Morgan fingerprint density at radius 2 is 2.23 bits per heavy atom. The van der Waals surface area contributed by atoms with E-state index in [4.69, 9.17) is 10.5 Å². The van der Waals surface area contributed by atoms with Gasteiger partial charge in [0.15, 0.2) is 0 Å². The Bertz CT molecular complexity index is 133. The van der Waals surface area contributed by atoms with Crippen LogP contribution in [0.4, 0.5) is 0 Å². The van der Waals surface area contributed by atoms with Crippen LogP contribution in [0.3, 0.4) is 0 Å². The third-order valence-corrected chi connectivity index (χ3v) is 1.54. The smallest absolute Gasteiger partial charge is 0.236 e. The normalized spacial score (nSPS) is 11.6. The van der Waals surface area contributed by atoms with Crippen LogP contribution in [0, 0.1) is 0 Å². The lowest BCUT2D eigenvalue weighted by Crippen LogP contribution is -2.41. The Morgan fingerprint density at radius 3 is 2.69 bits per heavy atom. The van der Waals surface area contributed by atoms with E-state index in [1.807, 2.05) is 6.92 Å². The van der Waals surface area contributed by atoms with E-state index in [1.165, 1.54) is 0 Å². The fraction of sp³-hybridized carbons (Fsp3) is 0.875. The van der Waals surface area contributed by atoms with Crippen molar-refractivity contribution in [1.82, 2.24) is 5.32 Å². The Hall–Kier alpha value is -0.320. The molecule has 3 N–H and O–H groups in total. The lowest BCUT2D eigenvalue weighted by molar-refractivity contribution is -0.122. The van der Waals surface area contributed by atoms with E-state index in [1.54, 1.807) is 7.11 Å². The molecule has 0 saturated carbocycles. The number of nitrogens with one attached hydrogen (secondary N) is 1. The number of rotatable bonds is 6. The Morgan fingerprint density at radius 1 is 1.62 bits per heavy atom. The van der Waals surface area contributed by atoms with Crippen molar-refractivity contribution in [1.29, 1.82) is 0 Å². The molecule has 1 atom stereocenters. The van der Waals surface area contributed by atoms with Gasteiger partial charge in [0.25, 0.3) is 0 Å². The summed E-state index contributed by atoms with van der Waals surface area (Å²) < 4.78 is 4.78. The number of halogens is 1. The van der Waals surface area contributed by atoms with Crippen LogP contribution in [-0.2, 0) is 9.53 Å². The van der Waals surface area contributed by atoms with Crippen LogP contribution in [-0.4, -0.2) is 32.2 Å². The molecule has 80 valence electrons. The summed E-state index contributed by atoms with van der Waals surface area (Å²) in [7, 11) is 1.60. The molecular formula is C8H19ClN2O2. The molecule has 0 aromatic rings. The van der Waals surface area contributed by atoms with Gasteiger partial charge in [-0.2, -0.15) is 0 Å². The van der Waals surface area contributed by atoms with Gasteiger partial charge in [-0.1, -0.05) is 13.3 Å². The minimum absolute atomic E-state index is 0. The number of amides is 1. The first kappa shape index (κ1) is 15.2. The van der Waals surface area contributed by atoms with Crippen LogP contribution in [0.1, 0.15) is 19.8 Å². The van der Waals surface area contributed by atoms with Crippen LogP contribution in [0.5, 0.6) is 0 Å². The number of nitrogens with two attached hydrogens (primary N) is 1. The molecule has 0 spiro atoms. The fourth-order valence-electron chi connectivity index (χ4n) is 0.849. The zero-order chi connectivity index (χ0) is 9.40. The molecule has 0 rings (SSSR count). The molecule has 0 radical (unpaired) electrons. The standard InChI is InChI=1S/C8H18N2O2.ClH/c1-3-4-7(9)8(11)10-5-6-12-2;/h7H,3-6,9H2,1-2H3,(H,10,11);1H/t7-;/m0./s1. The van der Waals surface area contributed by atoms with Gasteiger partial charge in [0.05, 0.1) is 12.6 Å². The molecule has 1 amide bonds. The molecule has 5 heteroatoms. The number of methoxy groups -OCH3 is 1. The molecule has 0 fully saturated rings. The van der Waals surface area contributed by atoms with Crippen LogP contribution in [0.2, 0.25) is 0 Å². The highest BCUT2D eigenvalue weighted by Crippen LogP contribution is 1.92. The van der Waals surface area contributed by atoms with Gasteiger partial charge in [0.2, 0.25) is 5.91 Å². The van der Waals surface area contributed by atoms with E-state index >= 15 is 0 Å². The fourth-order valence-corrected chi connectivity index (χ4v) is 0.849. The summed E-state index contributed by atoms with van der Waals surface area (Å²) in [6.07, 6.45) is 1.66. The molecule has 0 aromatic carbocycles.